The van der Waals surface area contributed by atoms with E-state index in [2.05, 4.69) is 4.98 Å². The molecule has 2 N–H and O–H groups in total. The van der Waals surface area contributed by atoms with E-state index < -0.39 is 11.4 Å². The van der Waals surface area contributed by atoms with Gasteiger partial charge in [0.15, 0.2) is 0 Å². The van der Waals surface area contributed by atoms with Gasteiger partial charge in [0.1, 0.15) is 5.82 Å². The molecule has 16 heavy (non-hydrogen) atoms. The van der Waals surface area contributed by atoms with Gasteiger partial charge in [0, 0.05) is 0 Å². The van der Waals surface area contributed by atoms with Gasteiger partial charge in [-0.15, -0.1) is 0 Å². The van der Waals surface area contributed by atoms with Crippen molar-refractivity contribution < 1.29 is 9.50 Å². The summed E-state index contributed by atoms with van der Waals surface area (Å²) in [5, 5.41) is 9.68. The van der Waals surface area contributed by atoms with Crippen molar-refractivity contribution in [3.8, 4) is 0 Å². The number of aliphatic hydroxyl groups is 1. The van der Waals surface area contributed by atoms with Gasteiger partial charge in [-0.25, -0.2) is 9.18 Å². The van der Waals surface area contributed by atoms with Crippen LogP contribution in [0.5, 0.6) is 0 Å². The first-order chi connectivity index (χ1) is 7.37. The molecule has 0 aliphatic heterocycles. The molecule has 0 radical (unpaired) electrons. The van der Waals surface area contributed by atoms with E-state index in [1.54, 1.807) is 13.8 Å². The number of imidazole rings is 1. The van der Waals surface area contributed by atoms with Gasteiger partial charge in [-0.2, -0.15) is 0 Å². The summed E-state index contributed by atoms with van der Waals surface area (Å²) < 4.78 is 14.3. The molecule has 0 atom stereocenters. The maximum Gasteiger partial charge on any atom is 0.326 e. The van der Waals surface area contributed by atoms with Crippen molar-refractivity contribution in [2.45, 2.75) is 26.0 Å². The van der Waals surface area contributed by atoms with Gasteiger partial charge in [0.2, 0.25) is 0 Å². The highest BCUT2D eigenvalue weighted by Crippen LogP contribution is 2.14. The van der Waals surface area contributed by atoms with E-state index in [1.165, 1.54) is 22.8 Å². The summed E-state index contributed by atoms with van der Waals surface area (Å²) in [5.41, 5.74) is -0.307. The lowest BCUT2D eigenvalue weighted by Crippen LogP contribution is -2.31. The molecule has 2 rings (SSSR count). The first-order valence-corrected chi connectivity index (χ1v) is 4.97. The first-order valence-electron chi connectivity index (χ1n) is 4.97. The maximum atomic E-state index is 12.9. The number of aromatic nitrogens is 2. The molecule has 0 saturated carbocycles. The summed E-state index contributed by atoms with van der Waals surface area (Å²) in [5.74, 6) is -0.399. The molecule has 1 heterocycles. The summed E-state index contributed by atoms with van der Waals surface area (Å²) in [6, 6.07) is 4.07. The highest BCUT2D eigenvalue weighted by molar-refractivity contribution is 5.75. The van der Waals surface area contributed by atoms with Crippen LogP contribution in [0.1, 0.15) is 13.8 Å². The van der Waals surface area contributed by atoms with E-state index >= 15 is 0 Å². The summed E-state index contributed by atoms with van der Waals surface area (Å²) in [6.45, 7) is 3.39. The van der Waals surface area contributed by atoms with Crippen LogP contribution < -0.4 is 5.69 Å². The Balaban J connectivity index is 2.61. The van der Waals surface area contributed by atoms with Gasteiger partial charge < -0.3 is 10.1 Å². The van der Waals surface area contributed by atoms with E-state index in [1.807, 2.05) is 0 Å². The molecule has 0 amide bonds. The summed E-state index contributed by atoms with van der Waals surface area (Å²) in [7, 11) is 0. The molecular formula is C11H13FN2O2. The minimum atomic E-state index is -0.993. The fourth-order valence-electron chi connectivity index (χ4n) is 1.68. The third-order valence-corrected chi connectivity index (χ3v) is 2.28. The van der Waals surface area contributed by atoms with Crippen molar-refractivity contribution in [1.82, 2.24) is 9.55 Å². The van der Waals surface area contributed by atoms with Crippen LogP contribution in [0.4, 0.5) is 4.39 Å². The molecule has 0 saturated heterocycles. The highest BCUT2D eigenvalue weighted by atomic mass is 19.1. The van der Waals surface area contributed by atoms with Gasteiger partial charge in [0.05, 0.1) is 23.2 Å². The predicted octanol–water partition coefficient (Wildman–Crippen LogP) is 1.24. The van der Waals surface area contributed by atoms with E-state index in [-0.39, 0.29) is 12.2 Å². The highest BCUT2D eigenvalue weighted by Gasteiger charge is 2.17. The van der Waals surface area contributed by atoms with E-state index in [4.69, 9.17) is 0 Å². The molecule has 0 aliphatic rings. The second kappa shape index (κ2) is 3.45. The van der Waals surface area contributed by atoms with Crippen LogP contribution in [0, 0.1) is 5.82 Å². The average molecular weight is 224 g/mol. The number of rotatable bonds is 2. The largest absolute Gasteiger partial charge is 0.389 e. The Morgan fingerprint density at radius 2 is 2.19 bits per heavy atom. The first kappa shape index (κ1) is 10.9. The minimum absolute atomic E-state index is 0.164. The van der Waals surface area contributed by atoms with Gasteiger partial charge in [-0.05, 0) is 32.0 Å². The molecule has 1 aromatic heterocycles. The molecular weight excluding hydrogens is 211 g/mol. The predicted molar refractivity (Wildman–Crippen MR) is 58.8 cm³/mol. The van der Waals surface area contributed by atoms with Crippen molar-refractivity contribution >= 4 is 11.0 Å². The lowest BCUT2D eigenvalue weighted by molar-refractivity contribution is 0.0617. The SMILES string of the molecule is CC(C)(O)Cn1c(=O)[nH]c2cc(F)ccc21. The topological polar surface area (TPSA) is 58.0 Å². The molecule has 4 nitrogen and oxygen atoms in total. The maximum absolute atomic E-state index is 12.9. The number of hydrogen-bond donors (Lipinski definition) is 2. The Kier molecular flexibility index (Phi) is 2.35. The van der Waals surface area contributed by atoms with Crippen molar-refractivity contribution in [2.24, 2.45) is 0 Å². The molecule has 0 bridgehead atoms. The number of fused-ring (bicyclic) bond motifs is 1. The summed E-state index contributed by atoms with van der Waals surface area (Å²) >= 11 is 0. The fourth-order valence-corrected chi connectivity index (χ4v) is 1.68. The molecule has 0 aliphatic carbocycles. The smallest absolute Gasteiger partial charge is 0.326 e. The van der Waals surface area contributed by atoms with E-state index in [0.717, 1.165) is 0 Å². The Bertz CT molecular complexity index is 578. The second-order valence-corrected chi connectivity index (χ2v) is 4.49. The second-order valence-electron chi connectivity index (χ2n) is 4.49. The number of nitrogens with zero attached hydrogens (tertiary/aromatic N) is 1. The van der Waals surface area contributed by atoms with Crippen LogP contribution in [0.3, 0.4) is 0 Å². The van der Waals surface area contributed by atoms with Crippen LogP contribution in [-0.2, 0) is 6.54 Å². The lowest BCUT2D eigenvalue weighted by atomic mass is 10.1. The molecule has 86 valence electrons. The standard InChI is InChI=1S/C11H13FN2O2/c1-11(2,16)6-14-9-4-3-7(12)5-8(9)13-10(14)15/h3-5,16H,6H2,1-2H3,(H,13,15). The zero-order valence-electron chi connectivity index (χ0n) is 9.12. The third-order valence-electron chi connectivity index (χ3n) is 2.28. The Morgan fingerprint density at radius 3 is 2.81 bits per heavy atom. The number of hydrogen-bond acceptors (Lipinski definition) is 2. The van der Waals surface area contributed by atoms with E-state index in [9.17, 15) is 14.3 Å². The fraction of sp³-hybridized carbons (Fsp3) is 0.364. The van der Waals surface area contributed by atoms with Crippen LogP contribution in [0.25, 0.3) is 11.0 Å². The van der Waals surface area contributed by atoms with Gasteiger partial charge >= 0.3 is 5.69 Å². The quantitative estimate of drug-likeness (QED) is 0.806. The summed E-state index contributed by atoms with van der Waals surface area (Å²) in [6.07, 6.45) is 0. The Hall–Kier alpha value is -1.62. The summed E-state index contributed by atoms with van der Waals surface area (Å²) in [4.78, 5) is 14.1. The molecule has 2 aromatic rings. The zero-order chi connectivity index (χ0) is 11.9. The Morgan fingerprint density at radius 1 is 1.50 bits per heavy atom. The van der Waals surface area contributed by atoms with Crippen LogP contribution in [0.15, 0.2) is 23.0 Å². The van der Waals surface area contributed by atoms with Crippen molar-refractivity contribution in [2.75, 3.05) is 0 Å². The van der Waals surface area contributed by atoms with E-state index in [0.29, 0.717) is 11.0 Å². The monoisotopic (exact) mass is 224 g/mol. The normalized spacial score (nSPS) is 12.2. The van der Waals surface area contributed by atoms with Crippen molar-refractivity contribution in [3.63, 3.8) is 0 Å². The molecule has 5 heteroatoms. The number of benzene rings is 1. The molecule has 0 spiro atoms. The molecule has 0 unspecified atom stereocenters. The average Bonchev–Trinajstić information content (AvgIpc) is 2.40. The zero-order valence-corrected chi connectivity index (χ0v) is 9.12. The lowest BCUT2D eigenvalue weighted by Gasteiger charge is -2.17. The number of H-pyrrole nitrogens is 1. The number of aromatic amines is 1. The Labute approximate surface area is 91.3 Å². The molecule has 0 fully saturated rings. The number of halogens is 1. The van der Waals surface area contributed by atoms with Crippen LogP contribution >= 0.6 is 0 Å². The van der Waals surface area contributed by atoms with Crippen LogP contribution in [-0.4, -0.2) is 20.3 Å². The molecule has 1 aromatic carbocycles. The van der Waals surface area contributed by atoms with Gasteiger partial charge in [-0.1, -0.05) is 0 Å². The van der Waals surface area contributed by atoms with Crippen LogP contribution in [0.2, 0.25) is 0 Å². The van der Waals surface area contributed by atoms with Crippen molar-refractivity contribution in [1.29, 1.82) is 0 Å². The van der Waals surface area contributed by atoms with Gasteiger partial charge in [0.25, 0.3) is 0 Å². The van der Waals surface area contributed by atoms with Gasteiger partial charge in [-0.3, -0.25) is 4.57 Å². The number of nitrogens with one attached hydrogen (secondary N) is 1. The minimum Gasteiger partial charge on any atom is -0.389 e. The van der Waals surface area contributed by atoms with Crippen molar-refractivity contribution in [3.05, 3.63) is 34.5 Å². The third kappa shape index (κ3) is 1.99.